The predicted octanol–water partition coefficient (Wildman–Crippen LogP) is 1.84. The Bertz CT molecular complexity index is 344. The van der Waals surface area contributed by atoms with Gasteiger partial charge in [0.2, 0.25) is 0 Å². The number of aryl methyl sites for hydroxylation is 1. The SMILES string of the molecule is CCn1ncc(Cl)c1C1(F)CC(N)C1. The van der Waals surface area contributed by atoms with E-state index < -0.39 is 5.67 Å². The van der Waals surface area contributed by atoms with E-state index in [9.17, 15) is 4.39 Å². The van der Waals surface area contributed by atoms with Gasteiger partial charge in [0.1, 0.15) is 0 Å². The average molecular weight is 218 g/mol. The fraction of sp³-hybridized carbons (Fsp3) is 0.667. The van der Waals surface area contributed by atoms with Crippen LogP contribution in [-0.4, -0.2) is 15.8 Å². The molecular weight excluding hydrogens is 205 g/mol. The molecule has 1 aromatic rings. The standard InChI is InChI=1S/C9H13ClFN3/c1-2-14-8(7(10)5-13-14)9(11)3-6(12)4-9/h5-6H,2-4,12H2,1H3. The fourth-order valence-corrected chi connectivity index (χ4v) is 2.32. The molecule has 0 atom stereocenters. The summed E-state index contributed by atoms with van der Waals surface area (Å²) in [5, 5.41) is 4.42. The van der Waals surface area contributed by atoms with Crippen LogP contribution < -0.4 is 5.73 Å². The molecular formula is C9H13ClFN3. The van der Waals surface area contributed by atoms with Gasteiger partial charge in [-0.15, -0.1) is 0 Å². The molecule has 0 aliphatic heterocycles. The molecule has 1 aliphatic carbocycles. The third-order valence-corrected chi connectivity index (χ3v) is 2.97. The number of hydrogen-bond donors (Lipinski definition) is 1. The first kappa shape index (κ1) is 9.93. The van der Waals surface area contributed by atoms with Crippen molar-refractivity contribution in [1.29, 1.82) is 0 Å². The summed E-state index contributed by atoms with van der Waals surface area (Å²) in [6, 6.07) is -0.0451. The smallest absolute Gasteiger partial charge is 0.156 e. The van der Waals surface area contributed by atoms with Gasteiger partial charge in [0.05, 0.1) is 16.9 Å². The van der Waals surface area contributed by atoms with E-state index in [-0.39, 0.29) is 6.04 Å². The third kappa shape index (κ3) is 1.33. The molecule has 14 heavy (non-hydrogen) atoms. The molecule has 0 unspecified atom stereocenters. The highest BCUT2D eigenvalue weighted by atomic mass is 35.5. The predicted molar refractivity (Wildman–Crippen MR) is 52.9 cm³/mol. The summed E-state index contributed by atoms with van der Waals surface area (Å²) in [5.74, 6) is 0. The number of halogens is 2. The number of rotatable bonds is 2. The van der Waals surface area contributed by atoms with Gasteiger partial charge >= 0.3 is 0 Å². The molecule has 78 valence electrons. The molecule has 1 aromatic heterocycles. The summed E-state index contributed by atoms with van der Waals surface area (Å²) in [7, 11) is 0. The van der Waals surface area contributed by atoms with Crippen LogP contribution in [0.15, 0.2) is 6.20 Å². The van der Waals surface area contributed by atoms with Crippen molar-refractivity contribution in [2.75, 3.05) is 0 Å². The molecule has 1 heterocycles. The van der Waals surface area contributed by atoms with Gasteiger partial charge < -0.3 is 5.73 Å². The van der Waals surface area contributed by atoms with Crippen molar-refractivity contribution in [3.8, 4) is 0 Å². The zero-order valence-electron chi connectivity index (χ0n) is 8.00. The van der Waals surface area contributed by atoms with Gasteiger partial charge in [-0.3, -0.25) is 4.68 Å². The van der Waals surface area contributed by atoms with Gasteiger partial charge in [-0.1, -0.05) is 11.6 Å². The maximum Gasteiger partial charge on any atom is 0.156 e. The molecule has 0 aromatic carbocycles. The molecule has 0 radical (unpaired) electrons. The minimum absolute atomic E-state index is 0.0451. The van der Waals surface area contributed by atoms with Crippen molar-refractivity contribution >= 4 is 11.6 Å². The topological polar surface area (TPSA) is 43.8 Å². The van der Waals surface area contributed by atoms with Crippen molar-refractivity contribution in [2.24, 2.45) is 5.73 Å². The molecule has 1 fully saturated rings. The highest BCUT2D eigenvalue weighted by molar-refractivity contribution is 6.31. The Kier molecular flexibility index (Phi) is 2.27. The van der Waals surface area contributed by atoms with Crippen LogP contribution in [0.25, 0.3) is 0 Å². The summed E-state index contributed by atoms with van der Waals surface area (Å²) in [4.78, 5) is 0. The van der Waals surface area contributed by atoms with E-state index in [0.29, 0.717) is 30.1 Å². The quantitative estimate of drug-likeness (QED) is 0.822. The minimum Gasteiger partial charge on any atom is -0.327 e. The molecule has 2 rings (SSSR count). The normalized spacial score (nSPS) is 31.6. The second-order valence-electron chi connectivity index (χ2n) is 3.79. The van der Waals surface area contributed by atoms with E-state index in [1.807, 2.05) is 6.92 Å². The van der Waals surface area contributed by atoms with Crippen LogP contribution in [0.5, 0.6) is 0 Å². The van der Waals surface area contributed by atoms with Crippen LogP contribution in [-0.2, 0) is 12.2 Å². The highest BCUT2D eigenvalue weighted by Crippen LogP contribution is 2.46. The Hall–Kier alpha value is -0.610. The van der Waals surface area contributed by atoms with E-state index >= 15 is 0 Å². The first-order valence-corrected chi connectivity index (χ1v) is 5.11. The highest BCUT2D eigenvalue weighted by Gasteiger charge is 2.48. The van der Waals surface area contributed by atoms with E-state index in [1.165, 1.54) is 6.20 Å². The van der Waals surface area contributed by atoms with Crippen molar-refractivity contribution in [2.45, 2.75) is 38.0 Å². The summed E-state index contributed by atoms with van der Waals surface area (Å²) in [5.41, 5.74) is 4.72. The van der Waals surface area contributed by atoms with Crippen molar-refractivity contribution < 1.29 is 4.39 Å². The summed E-state index contributed by atoms with van der Waals surface area (Å²) in [6.07, 6.45) is 2.18. The first-order chi connectivity index (χ1) is 6.57. The number of aromatic nitrogens is 2. The molecule has 0 spiro atoms. The van der Waals surface area contributed by atoms with Gasteiger partial charge in [-0.2, -0.15) is 5.10 Å². The summed E-state index contributed by atoms with van der Waals surface area (Å²) in [6.45, 7) is 2.54. The summed E-state index contributed by atoms with van der Waals surface area (Å²) < 4.78 is 15.8. The Morgan fingerprint density at radius 2 is 2.43 bits per heavy atom. The van der Waals surface area contributed by atoms with E-state index in [4.69, 9.17) is 17.3 Å². The number of nitrogens with two attached hydrogens (primary N) is 1. The monoisotopic (exact) mass is 217 g/mol. The van der Waals surface area contributed by atoms with Crippen molar-refractivity contribution in [3.63, 3.8) is 0 Å². The first-order valence-electron chi connectivity index (χ1n) is 4.73. The van der Waals surface area contributed by atoms with Crippen molar-refractivity contribution in [1.82, 2.24) is 9.78 Å². The lowest BCUT2D eigenvalue weighted by atomic mass is 9.75. The fourth-order valence-electron chi connectivity index (χ4n) is 2.01. The van der Waals surface area contributed by atoms with Gasteiger partial charge in [0.25, 0.3) is 0 Å². The van der Waals surface area contributed by atoms with Crippen LogP contribution in [0.2, 0.25) is 5.02 Å². The van der Waals surface area contributed by atoms with Gasteiger partial charge in [0, 0.05) is 25.4 Å². The molecule has 1 aliphatic rings. The van der Waals surface area contributed by atoms with E-state index in [0.717, 1.165) is 0 Å². The third-order valence-electron chi connectivity index (χ3n) is 2.69. The Labute approximate surface area is 87.0 Å². The van der Waals surface area contributed by atoms with Crippen LogP contribution in [0.3, 0.4) is 0 Å². The zero-order valence-corrected chi connectivity index (χ0v) is 8.76. The lowest BCUT2D eigenvalue weighted by Crippen LogP contribution is -2.47. The lowest BCUT2D eigenvalue weighted by Gasteiger charge is -2.39. The molecule has 5 heteroatoms. The maximum absolute atomic E-state index is 14.2. The van der Waals surface area contributed by atoms with Gasteiger partial charge in [-0.05, 0) is 6.92 Å². The summed E-state index contributed by atoms with van der Waals surface area (Å²) >= 11 is 5.90. The molecule has 0 bridgehead atoms. The Balaban J connectivity index is 2.35. The van der Waals surface area contributed by atoms with Crippen LogP contribution in [0, 0.1) is 0 Å². The zero-order chi connectivity index (χ0) is 10.3. The molecule has 2 N–H and O–H groups in total. The Morgan fingerprint density at radius 3 is 2.93 bits per heavy atom. The second kappa shape index (κ2) is 3.21. The lowest BCUT2D eigenvalue weighted by molar-refractivity contribution is 0.0313. The molecule has 1 saturated carbocycles. The second-order valence-corrected chi connectivity index (χ2v) is 4.20. The number of nitrogens with zero attached hydrogens (tertiary/aromatic N) is 2. The van der Waals surface area contributed by atoms with E-state index in [2.05, 4.69) is 5.10 Å². The Morgan fingerprint density at radius 1 is 1.79 bits per heavy atom. The van der Waals surface area contributed by atoms with Gasteiger partial charge in [-0.25, -0.2) is 4.39 Å². The minimum atomic E-state index is -1.36. The van der Waals surface area contributed by atoms with E-state index in [1.54, 1.807) is 4.68 Å². The van der Waals surface area contributed by atoms with Crippen LogP contribution >= 0.6 is 11.6 Å². The largest absolute Gasteiger partial charge is 0.327 e. The molecule has 3 nitrogen and oxygen atoms in total. The number of hydrogen-bond acceptors (Lipinski definition) is 2. The molecule has 0 saturated heterocycles. The van der Waals surface area contributed by atoms with Crippen LogP contribution in [0.1, 0.15) is 25.5 Å². The number of alkyl halides is 1. The van der Waals surface area contributed by atoms with Crippen LogP contribution in [0.4, 0.5) is 4.39 Å². The van der Waals surface area contributed by atoms with Crippen molar-refractivity contribution in [3.05, 3.63) is 16.9 Å². The average Bonchev–Trinajstić information content (AvgIpc) is 2.44. The molecule has 0 amide bonds. The van der Waals surface area contributed by atoms with Gasteiger partial charge in [0.15, 0.2) is 5.67 Å². The maximum atomic E-state index is 14.2.